The minimum atomic E-state index is -0.224. The molecule has 0 spiro atoms. The monoisotopic (exact) mass is 326 g/mol. The third-order valence-corrected chi connectivity index (χ3v) is 5.52. The molecule has 0 heterocycles. The van der Waals surface area contributed by atoms with Gasteiger partial charge in [-0.25, -0.2) is 10.9 Å². The van der Waals surface area contributed by atoms with E-state index in [4.69, 9.17) is 0 Å². The normalized spacial score (nSPS) is 35.3. The largest absolute Gasteiger partial charge is 0.273 e. The maximum Gasteiger partial charge on any atom is 0.240 e. The van der Waals surface area contributed by atoms with Crippen LogP contribution in [0.1, 0.15) is 38.5 Å². The second kappa shape index (κ2) is 6.34. The molecule has 0 bridgehead atoms. The van der Waals surface area contributed by atoms with Crippen molar-refractivity contribution in [2.24, 2.45) is 33.9 Å². The number of carbonyl (C=O) groups excluding carboxylic acids is 2. The summed E-state index contributed by atoms with van der Waals surface area (Å²) in [7, 11) is 0. The average molecular weight is 326 g/mol. The summed E-state index contributed by atoms with van der Waals surface area (Å²) in [5, 5.41) is 8.36. The number of rotatable bonds is 5. The fraction of sp³-hybridized carbons (Fsp3) is 0.556. The number of hydrogen-bond donors (Lipinski definition) is 2. The van der Waals surface area contributed by atoms with E-state index in [0.29, 0.717) is 23.7 Å². The summed E-state index contributed by atoms with van der Waals surface area (Å²) in [5.41, 5.74) is 7.21. The summed E-state index contributed by atoms with van der Waals surface area (Å²) in [6.45, 7) is 0. The number of hydrogen-bond acceptors (Lipinski definition) is 4. The Morgan fingerprint density at radius 1 is 0.875 bits per heavy atom. The molecule has 6 nitrogen and oxygen atoms in total. The van der Waals surface area contributed by atoms with Crippen molar-refractivity contribution in [3.63, 3.8) is 0 Å². The van der Waals surface area contributed by atoms with Crippen molar-refractivity contribution in [1.29, 1.82) is 0 Å². The maximum atomic E-state index is 11.8. The molecule has 4 aliphatic rings. The molecule has 0 saturated heterocycles. The van der Waals surface area contributed by atoms with E-state index >= 15 is 0 Å². The van der Waals surface area contributed by atoms with E-state index in [1.807, 2.05) is 0 Å². The smallest absolute Gasteiger partial charge is 0.240 e. The predicted octanol–water partition coefficient (Wildman–Crippen LogP) is 1.90. The Kier molecular flexibility index (Phi) is 4.04. The van der Waals surface area contributed by atoms with Crippen molar-refractivity contribution >= 4 is 23.2 Å². The van der Waals surface area contributed by atoms with Crippen LogP contribution in [0.5, 0.6) is 0 Å². The molecule has 4 unspecified atom stereocenters. The minimum Gasteiger partial charge on any atom is -0.273 e. The first-order valence-electron chi connectivity index (χ1n) is 8.74. The second-order valence-corrected chi connectivity index (χ2v) is 7.08. The number of carbonyl (C=O) groups is 2. The third kappa shape index (κ3) is 2.92. The summed E-state index contributed by atoms with van der Waals surface area (Å²) < 4.78 is 0. The molecule has 2 fully saturated rings. The highest BCUT2D eigenvalue weighted by Crippen LogP contribution is 2.40. The van der Waals surface area contributed by atoms with Crippen molar-refractivity contribution in [2.75, 3.05) is 0 Å². The summed E-state index contributed by atoms with van der Waals surface area (Å²) in [5.74, 6) is 1.76. The minimum absolute atomic E-state index is 0.128. The molecule has 0 aromatic heterocycles. The van der Waals surface area contributed by atoms with Gasteiger partial charge in [0, 0.05) is 36.1 Å². The van der Waals surface area contributed by atoms with E-state index in [1.54, 1.807) is 0 Å². The maximum absolute atomic E-state index is 11.8. The molecule has 0 aromatic carbocycles. The molecule has 2 N–H and O–H groups in total. The van der Waals surface area contributed by atoms with Gasteiger partial charge in [0.25, 0.3) is 0 Å². The Labute approximate surface area is 141 Å². The van der Waals surface area contributed by atoms with Crippen LogP contribution in [0.4, 0.5) is 0 Å². The first-order chi connectivity index (χ1) is 11.7. The van der Waals surface area contributed by atoms with Crippen LogP contribution in [0.25, 0.3) is 0 Å². The highest BCUT2D eigenvalue weighted by molar-refractivity contribution is 5.96. The first-order valence-corrected chi connectivity index (χ1v) is 8.74. The van der Waals surface area contributed by atoms with Gasteiger partial charge in [0.1, 0.15) is 0 Å². The van der Waals surface area contributed by atoms with Crippen molar-refractivity contribution < 1.29 is 9.59 Å². The quantitative estimate of drug-likeness (QED) is 0.597. The standard InChI is InChI=1S/C18H22N4O2/c23-17(21-19-15-9-11-3-1-5-13(11)15)7-8-18(24)22-20-16-10-12-4-2-6-14(12)16/h1-2,5-6,11-14H,3-4,7-10H2,(H,21,23)(H,22,24). The van der Waals surface area contributed by atoms with E-state index in [-0.39, 0.29) is 24.7 Å². The topological polar surface area (TPSA) is 82.9 Å². The highest BCUT2D eigenvalue weighted by Gasteiger charge is 2.38. The van der Waals surface area contributed by atoms with Crippen molar-refractivity contribution in [2.45, 2.75) is 38.5 Å². The first kappa shape index (κ1) is 15.3. The average Bonchev–Trinajstić information content (AvgIpc) is 3.09. The lowest BCUT2D eigenvalue weighted by Crippen LogP contribution is -2.36. The SMILES string of the molecule is O=C(CCC(=O)NN=C1CC2CC=CC12)NN=C1CC2CC=CC12. The number of fused-ring (bicyclic) bond motifs is 2. The van der Waals surface area contributed by atoms with Crippen LogP contribution in [0.3, 0.4) is 0 Å². The second-order valence-electron chi connectivity index (χ2n) is 7.08. The zero-order valence-electron chi connectivity index (χ0n) is 13.6. The van der Waals surface area contributed by atoms with Crippen LogP contribution >= 0.6 is 0 Å². The van der Waals surface area contributed by atoms with Crippen LogP contribution in [-0.4, -0.2) is 23.2 Å². The molecule has 24 heavy (non-hydrogen) atoms. The fourth-order valence-electron chi connectivity index (χ4n) is 3.93. The number of nitrogens with zero attached hydrogens (tertiary/aromatic N) is 2. The van der Waals surface area contributed by atoms with Gasteiger partial charge >= 0.3 is 0 Å². The Balaban J connectivity index is 1.15. The lowest BCUT2D eigenvalue weighted by atomic mass is 9.74. The van der Waals surface area contributed by atoms with E-state index < -0.39 is 0 Å². The molecule has 0 radical (unpaired) electrons. The molecule has 4 aliphatic carbocycles. The molecule has 4 rings (SSSR count). The zero-order valence-corrected chi connectivity index (χ0v) is 13.6. The van der Waals surface area contributed by atoms with Crippen LogP contribution < -0.4 is 10.9 Å². The van der Waals surface area contributed by atoms with Gasteiger partial charge in [-0.3, -0.25) is 9.59 Å². The summed E-state index contributed by atoms with van der Waals surface area (Å²) in [6.07, 6.45) is 13.1. The predicted molar refractivity (Wildman–Crippen MR) is 91.1 cm³/mol. The van der Waals surface area contributed by atoms with Gasteiger partial charge < -0.3 is 0 Å². The van der Waals surface area contributed by atoms with E-state index in [9.17, 15) is 9.59 Å². The van der Waals surface area contributed by atoms with Crippen molar-refractivity contribution in [1.82, 2.24) is 10.9 Å². The Morgan fingerprint density at radius 3 is 1.75 bits per heavy atom. The number of amides is 2. The van der Waals surface area contributed by atoms with Crippen LogP contribution in [0, 0.1) is 23.7 Å². The van der Waals surface area contributed by atoms with Crippen LogP contribution in [-0.2, 0) is 9.59 Å². The Bertz CT molecular complexity index is 619. The fourth-order valence-corrected chi connectivity index (χ4v) is 3.93. The molecular weight excluding hydrogens is 304 g/mol. The molecule has 2 saturated carbocycles. The lowest BCUT2D eigenvalue weighted by molar-refractivity contribution is -0.126. The van der Waals surface area contributed by atoms with Crippen LogP contribution in [0.2, 0.25) is 0 Å². The van der Waals surface area contributed by atoms with Gasteiger partial charge in [-0.05, 0) is 37.5 Å². The van der Waals surface area contributed by atoms with Crippen molar-refractivity contribution in [3.8, 4) is 0 Å². The van der Waals surface area contributed by atoms with E-state index in [2.05, 4.69) is 45.4 Å². The van der Waals surface area contributed by atoms with Crippen LogP contribution in [0.15, 0.2) is 34.5 Å². The van der Waals surface area contributed by atoms with Gasteiger partial charge in [-0.2, -0.15) is 10.2 Å². The number of nitrogens with one attached hydrogen (secondary N) is 2. The van der Waals surface area contributed by atoms with Gasteiger partial charge in [0.05, 0.1) is 0 Å². The van der Waals surface area contributed by atoms with E-state index in [1.165, 1.54) is 0 Å². The van der Waals surface area contributed by atoms with E-state index in [0.717, 1.165) is 37.1 Å². The number of hydrazone groups is 2. The zero-order chi connectivity index (χ0) is 16.5. The Morgan fingerprint density at radius 2 is 1.33 bits per heavy atom. The van der Waals surface area contributed by atoms with Gasteiger partial charge in [-0.1, -0.05) is 24.3 Å². The van der Waals surface area contributed by atoms with Gasteiger partial charge in [0.15, 0.2) is 0 Å². The van der Waals surface area contributed by atoms with Crippen molar-refractivity contribution in [3.05, 3.63) is 24.3 Å². The molecule has 6 heteroatoms. The lowest BCUT2D eigenvalue weighted by Gasteiger charge is -2.31. The summed E-state index contributed by atoms with van der Waals surface area (Å²) >= 11 is 0. The van der Waals surface area contributed by atoms with Gasteiger partial charge in [0.2, 0.25) is 11.8 Å². The summed E-state index contributed by atoms with van der Waals surface area (Å²) in [6, 6.07) is 0. The molecular formula is C18H22N4O2. The molecule has 0 aromatic rings. The molecule has 4 atom stereocenters. The third-order valence-electron chi connectivity index (χ3n) is 5.52. The number of allylic oxidation sites excluding steroid dienone is 4. The molecule has 126 valence electrons. The molecule has 2 amide bonds. The summed E-state index contributed by atoms with van der Waals surface area (Å²) in [4.78, 5) is 23.6. The highest BCUT2D eigenvalue weighted by atomic mass is 16.2. The molecule has 0 aliphatic heterocycles. The Hall–Kier alpha value is -2.24. The van der Waals surface area contributed by atoms with Gasteiger partial charge in [-0.15, -0.1) is 0 Å².